The van der Waals surface area contributed by atoms with E-state index in [1.165, 1.54) is 12.1 Å². The van der Waals surface area contributed by atoms with Crippen molar-refractivity contribution in [3.05, 3.63) is 41.9 Å². The summed E-state index contributed by atoms with van der Waals surface area (Å²) in [6, 6.07) is 7.76. The summed E-state index contributed by atoms with van der Waals surface area (Å²) < 4.78 is 32.7. The van der Waals surface area contributed by atoms with Crippen molar-refractivity contribution in [1.29, 1.82) is 0 Å². The Kier molecular flexibility index (Phi) is 5.43. The van der Waals surface area contributed by atoms with Crippen molar-refractivity contribution in [2.45, 2.75) is 18.7 Å². The molecule has 1 aliphatic rings. The fraction of sp³-hybridized carbons (Fsp3) is 0.375. The van der Waals surface area contributed by atoms with Gasteiger partial charge in [-0.3, -0.25) is 9.73 Å². The van der Waals surface area contributed by atoms with E-state index in [1.54, 1.807) is 32.0 Å². The molecule has 1 aromatic heterocycles. The predicted molar refractivity (Wildman–Crippen MR) is 95.7 cm³/mol. The molecule has 26 heavy (non-hydrogen) atoms. The molecule has 0 amide bonds. The third kappa shape index (κ3) is 4.73. The molecule has 1 saturated heterocycles. The lowest BCUT2D eigenvalue weighted by Gasteiger charge is -2.22. The number of nitrogens with zero attached hydrogens (tertiary/aromatic N) is 5. The summed E-state index contributed by atoms with van der Waals surface area (Å²) >= 11 is 0. The number of benzene rings is 1. The van der Waals surface area contributed by atoms with Crippen molar-refractivity contribution in [2.75, 3.05) is 31.0 Å². The molecule has 2 heterocycles. The number of aryl methyl sites for hydroxylation is 2. The van der Waals surface area contributed by atoms with E-state index in [0.29, 0.717) is 43.5 Å². The van der Waals surface area contributed by atoms with Gasteiger partial charge < -0.3 is 4.74 Å². The smallest absolute Gasteiger partial charge is 0.263 e. The molecule has 138 valence electrons. The summed E-state index contributed by atoms with van der Waals surface area (Å²) in [7, 11) is -3.74. The normalized spacial score (nSPS) is 15.4. The van der Waals surface area contributed by atoms with Crippen LogP contribution < -0.4 is 4.72 Å². The van der Waals surface area contributed by atoms with Crippen molar-refractivity contribution < 1.29 is 13.2 Å². The maximum Gasteiger partial charge on any atom is 0.263 e. The molecule has 10 heteroatoms. The highest BCUT2D eigenvalue weighted by Crippen LogP contribution is 2.20. The topological polar surface area (TPSA) is 109 Å². The van der Waals surface area contributed by atoms with Crippen LogP contribution in [0.15, 0.2) is 45.6 Å². The third-order valence-electron chi connectivity index (χ3n) is 3.63. The quantitative estimate of drug-likeness (QED) is 0.802. The van der Waals surface area contributed by atoms with Crippen LogP contribution in [0.1, 0.15) is 11.5 Å². The Hall–Kier alpha value is -2.59. The van der Waals surface area contributed by atoms with Crippen LogP contribution in [0.25, 0.3) is 0 Å². The predicted octanol–water partition coefficient (Wildman–Crippen LogP) is 2.23. The second kappa shape index (κ2) is 7.75. The van der Waals surface area contributed by atoms with E-state index >= 15 is 0 Å². The molecule has 1 aliphatic heterocycles. The summed E-state index contributed by atoms with van der Waals surface area (Å²) in [6.45, 7) is 6.13. The maximum atomic E-state index is 12.5. The Labute approximate surface area is 152 Å². The largest absolute Gasteiger partial charge is 0.378 e. The molecule has 1 N–H and O–H groups in total. The molecular formula is C16H20N6O3S. The summed E-state index contributed by atoms with van der Waals surface area (Å²) in [4.78, 5) is 8.34. The summed E-state index contributed by atoms with van der Waals surface area (Å²) in [6.07, 6.45) is 0. The van der Waals surface area contributed by atoms with E-state index in [1.807, 2.05) is 5.01 Å². The van der Waals surface area contributed by atoms with Gasteiger partial charge in [0.2, 0.25) is 0 Å². The van der Waals surface area contributed by atoms with E-state index in [-0.39, 0.29) is 10.7 Å². The van der Waals surface area contributed by atoms with Gasteiger partial charge in [0.05, 0.1) is 36.9 Å². The zero-order valence-electron chi connectivity index (χ0n) is 14.6. The first-order valence-electron chi connectivity index (χ1n) is 8.12. The van der Waals surface area contributed by atoms with Crippen molar-refractivity contribution in [1.82, 2.24) is 15.0 Å². The van der Waals surface area contributed by atoms with E-state index in [4.69, 9.17) is 4.74 Å². The number of ether oxygens (including phenoxy) is 1. The van der Waals surface area contributed by atoms with Gasteiger partial charge in [-0.15, -0.1) is 5.11 Å². The lowest BCUT2D eigenvalue weighted by Crippen LogP contribution is -2.31. The second-order valence-electron chi connectivity index (χ2n) is 5.80. The average Bonchev–Trinajstić information content (AvgIpc) is 2.60. The number of sulfonamides is 1. The maximum absolute atomic E-state index is 12.5. The fourth-order valence-electron chi connectivity index (χ4n) is 2.42. The zero-order valence-corrected chi connectivity index (χ0v) is 15.4. The lowest BCUT2D eigenvalue weighted by atomic mass is 10.3. The van der Waals surface area contributed by atoms with Gasteiger partial charge in [0.25, 0.3) is 10.0 Å². The Morgan fingerprint density at radius 1 is 1.12 bits per heavy atom. The van der Waals surface area contributed by atoms with Gasteiger partial charge in [0.15, 0.2) is 0 Å². The molecule has 2 aromatic rings. The SMILES string of the molecule is Cc1cc(NS(=O)(=O)c2ccc(N=NN3CCOCC3)cc2)nc(C)n1. The van der Waals surface area contributed by atoms with Gasteiger partial charge in [-0.2, -0.15) is 0 Å². The number of nitrogens with one attached hydrogen (secondary N) is 1. The zero-order chi connectivity index (χ0) is 18.6. The van der Waals surface area contributed by atoms with Gasteiger partial charge in [-0.25, -0.2) is 18.4 Å². The van der Waals surface area contributed by atoms with Crippen molar-refractivity contribution in [2.24, 2.45) is 10.3 Å². The van der Waals surface area contributed by atoms with Crippen LogP contribution >= 0.6 is 0 Å². The highest BCUT2D eigenvalue weighted by molar-refractivity contribution is 7.92. The average molecular weight is 376 g/mol. The van der Waals surface area contributed by atoms with Crippen molar-refractivity contribution in [3.63, 3.8) is 0 Å². The van der Waals surface area contributed by atoms with Crippen LogP contribution in [-0.2, 0) is 14.8 Å². The molecule has 0 spiro atoms. The summed E-state index contributed by atoms with van der Waals surface area (Å²) in [5.41, 5.74) is 1.26. The van der Waals surface area contributed by atoms with E-state index in [0.717, 1.165) is 0 Å². The fourth-order valence-corrected chi connectivity index (χ4v) is 3.41. The standard InChI is InChI=1S/C16H20N6O3S/c1-12-11-16(18-13(2)17-12)20-26(23,24)15-5-3-14(4-6-15)19-21-22-7-9-25-10-8-22/h3-6,11H,7-10H2,1-2H3,(H,17,18,20). The number of rotatable bonds is 5. The minimum atomic E-state index is -3.74. The minimum absolute atomic E-state index is 0.122. The molecule has 1 aromatic carbocycles. The second-order valence-corrected chi connectivity index (χ2v) is 7.48. The summed E-state index contributed by atoms with van der Waals surface area (Å²) in [5.74, 6) is 0.743. The molecule has 0 saturated carbocycles. The monoisotopic (exact) mass is 376 g/mol. The lowest BCUT2D eigenvalue weighted by molar-refractivity contribution is 0.0353. The van der Waals surface area contributed by atoms with Gasteiger partial charge in [-0.05, 0) is 38.1 Å². The molecular weight excluding hydrogens is 356 g/mol. The molecule has 3 rings (SSSR count). The first-order valence-corrected chi connectivity index (χ1v) is 9.60. The Morgan fingerprint density at radius 3 is 2.46 bits per heavy atom. The van der Waals surface area contributed by atoms with Crippen LogP contribution in [0.3, 0.4) is 0 Å². The van der Waals surface area contributed by atoms with E-state index in [2.05, 4.69) is 25.0 Å². The van der Waals surface area contributed by atoms with Crippen molar-refractivity contribution in [3.8, 4) is 0 Å². The summed E-state index contributed by atoms with van der Waals surface area (Å²) in [5, 5.41) is 10.1. The van der Waals surface area contributed by atoms with Crippen LogP contribution in [0, 0.1) is 13.8 Å². The molecule has 1 fully saturated rings. The van der Waals surface area contributed by atoms with Gasteiger partial charge in [-0.1, -0.05) is 5.22 Å². The van der Waals surface area contributed by atoms with Crippen LogP contribution in [-0.4, -0.2) is 49.7 Å². The number of aromatic nitrogens is 2. The molecule has 0 radical (unpaired) electrons. The molecule has 0 atom stereocenters. The minimum Gasteiger partial charge on any atom is -0.378 e. The highest BCUT2D eigenvalue weighted by atomic mass is 32.2. The van der Waals surface area contributed by atoms with Gasteiger partial charge in [0.1, 0.15) is 11.6 Å². The molecule has 0 bridgehead atoms. The first kappa shape index (κ1) is 18.2. The molecule has 9 nitrogen and oxygen atoms in total. The first-order chi connectivity index (χ1) is 12.4. The third-order valence-corrected chi connectivity index (χ3v) is 5.00. The van der Waals surface area contributed by atoms with Crippen molar-refractivity contribution >= 4 is 21.5 Å². The van der Waals surface area contributed by atoms with E-state index < -0.39 is 10.0 Å². The van der Waals surface area contributed by atoms with Gasteiger partial charge in [0, 0.05) is 11.8 Å². The van der Waals surface area contributed by atoms with Crippen LogP contribution in [0.2, 0.25) is 0 Å². The number of anilines is 1. The molecule has 0 unspecified atom stereocenters. The molecule has 0 aliphatic carbocycles. The van der Waals surface area contributed by atoms with Crippen LogP contribution in [0.5, 0.6) is 0 Å². The van der Waals surface area contributed by atoms with Crippen LogP contribution in [0.4, 0.5) is 11.5 Å². The number of hydrogen-bond acceptors (Lipinski definition) is 7. The Morgan fingerprint density at radius 2 is 1.81 bits per heavy atom. The Balaban J connectivity index is 1.71. The van der Waals surface area contributed by atoms with Gasteiger partial charge >= 0.3 is 0 Å². The number of morpholine rings is 1. The van der Waals surface area contributed by atoms with E-state index in [9.17, 15) is 8.42 Å². The highest BCUT2D eigenvalue weighted by Gasteiger charge is 2.15. The number of hydrogen-bond donors (Lipinski definition) is 1. The Bertz CT molecular complexity index is 872.